The Hall–Kier alpha value is -6.26. The first-order chi connectivity index (χ1) is 22.8. The third-order valence-corrected chi connectivity index (χ3v) is 8.26. The van der Waals surface area contributed by atoms with E-state index in [2.05, 4.69) is 97.6 Å². The second kappa shape index (κ2) is 11.7. The maximum atomic E-state index is 5.33. The molecular formula is C42H28N4. The second-order valence-electron chi connectivity index (χ2n) is 11.1. The smallest absolute Gasteiger partial charge is 0.164 e. The molecule has 0 spiro atoms. The number of allylic oxidation sites excluding steroid dienone is 4. The highest BCUT2D eigenvalue weighted by molar-refractivity contribution is 6.28. The van der Waals surface area contributed by atoms with Crippen molar-refractivity contribution >= 4 is 49.3 Å². The second-order valence-corrected chi connectivity index (χ2v) is 11.1. The molecule has 0 saturated carbocycles. The average molecular weight is 589 g/mol. The van der Waals surface area contributed by atoms with Gasteiger partial charge in [-0.1, -0.05) is 146 Å². The molecule has 0 aliphatic heterocycles. The summed E-state index contributed by atoms with van der Waals surface area (Å²) in [5.41, 5.74) is 4.72. The van der Waals surface area contributed by atoms with Gasteiger partial charge in [0.25, 0.3) is 0 Å². The standard InChI is InChI=1S/C42H28N4/c1-2-3-4-8-22-37-44-41(30-16-6-5-7-17-30)46-42(45-37)32-19-13-18-31(27-32)40-35-25-23-28-14-9-11-20-33(28)38(35)39-34-21-12-10-15-29(34)24-26-36(39)43-40/h2-27H,1H2/b4-3-,22-8+. The van der Waals surface area contributed by atoms with Crippen molar-refractivity contribution in [3.8, 4) is 34.0 Å². The third-order valence-electron chi connectivity index (χ3n) is 8.26. The van der Waals surface area contributed by atoms with Crippen molar-refractivity contribution in [3.05, 3.63) is 164 Å². The van der Waals surface area contributed by atoms with E-state index < -0.39 is 0 Å². The highest BCUT2D eigenvalue weighted by Gasteiger charge is 2.17. The number of hydrogen-bond donors (Lipinski definition) is 0. The number of benzene rings is 6. The normalized spacial score (nSPS) is 11.8. The Morgan fingerprint density at radius 1 is 0.457 bits per heavy atom. The molecule has 2 aromatic heterocycles. The van der Waals surface area contributed by atoms with Gasteiger partial charge in [-0.25, -0.2) is 19.9 Å². The lowest BCUT2D eigenvalue weighted by Crippen LogP contribution is -2.00. The summed E-state index contributed by atoms with van der Waals surface area (Å²) in [6.07, 6.45) is 9.30. The lowest BCUT2D eigenvalue weighted by molar-refractivity contribution is 1.04. The minimum atomic E-state index is 0.579. The Kier molecular flexibility index (Phi) is 6.93. The van der Waals surface area contributed by atoms with E-state index in [0.29, 0.717) is 17.5 Å². The number of fused-ring (bicyclic) bond motifs is 7. The van der Waals surface area contributed by atoms with Crippen molar-refractivity contribution < 1.29 is 0 Å². The number of pyridine rings is 1. The zero-order valence-corrected chi connectivity index (χ0v) is 25.0. The van der Waals surface area contributed by atoms with E-state index >= 15 is 0 Å². The van der Waals surface area contributed by atoms with Gasteiger partial charge in [-0.05, 0) is 39.8 Å². The predicted molar refractivity (Wildman–Crippen MR) is 192 cm³/mol. The first-order valence-electron chi connectivity index (χ1n) is 15.3. The van der Waals surface area contributed by atoms with Crippen LogP contribution < -0.4 is 0 Å². The monoisotopic (exact) mass is 588 g/mol. The van der Waals surface area contributed by atoms with Crippen LogP contribution in [0, 0.1) is 0 Å². The van der Waals surface area contributed by atoms with E-state index in [1.807, 2.05) is 60.7 Å². The molecule has 4 nitrogen and oxygen atoms in total. The Bertz CT molecular complexity index is 2490. The molecule has 0 bridgehead atoms. The fraction of sp³-hybridized carbons (Fsp3) is 0. The van der Waals surface area contributed by atoms with Crippen LogP contribution in [0.25, 0.3) is 83.3 Å². The molecule has 0 aliphatic carbocycles. The Labute approximate surface area is 266 Å². The Morgan fingerprint density at radius 2 is 1.11 bits per heavy atom. The fourth-order valence-electron chi connectivity index (χ4n) is 6.16. The molecule has 0 unspecified atom stereocenters. The number of aromatic nitrogens is 4. The number of hydrogen-bond acceptors (Lipinski definition) is 4. The van der Waals surface area contributed by atoms with Crippen LogP contribution in [-0.4, -0.2) is 19.9 Å². The lowest BCUT2D eigenvalue weighted by Gasteiger charge is -2.15. The Morgan fingerprint density at radius 3 is 1.89 bits per heavy atom. The van der Waals surface area contributed by atoms with Crippen LogP contribution in [0.1, 0.15) is 5.82 Å². The van der Waals surface area contributed by atoms with Gasteiger partial charge in [0, 0.05) is 32.8 Å². The topological polar surface area (TPSA) is 51.6 Å². The van der Waals surface area contributed by atoms with Gasteiger partial charge in [-0.3, -0.25) is 0 Å². The van der Waals surface area contributed by atoms with Crippen LogP contribution in [-0.2, 0) is 0 Å². The SMILES string of the molecule is C=C/C=C\C=C\c1nc(-c2ccccc2)nc(-c2cccc(-c3nc4ccc5ccccc5c4c4c3ccc3ccccc34)c2)n1. The molecule has 0 amide bonds. The molecule has 0 fully saturated rings. The molecule has 216 valence electrons. The Balaban J connectivity index is 1.35. The summed E-state index contributed by atoms with van der Waals surface area (Å²) in [6.45, 7) is 3.74. The van der Waals surface area contributed by atoms with E-state index in [-0.39, 0.29) is 0 Å². The van der Waals surface area contributed by atoms with Crippen molar-refractivity contribution in [3.63, 3.8) is 0 Å². The van der Waals surface area contributed by atoms with E-state index in [1.54, 1.807) is 6.08 Å². The van der Waals surface area contributed by atoms with Crippen LogP contribution >= 0.6 is 0 Å². The molecule has 8 rings (SSSR count). The molecule has 6 aromatic carbocycles. The van der Waals surface area contributed by atoms with Crippen molar-refractivity contribution in [2.45, 2.75) is 0 Å². The summed E-state index contributed by atoms with van der Waals surface area (Å²) < 4.78 is 0. The van der Waals surface area contributed by atoms with Gasteiger partial charge in [0.05, 0.1) is 11.2 Å². The van der Waals surface area contributed by atoms with Crippen LogP contribution in [0.2, 0.25) is 0 Å². The van der Waals surface area contributed by atoms with Crippen molar-refractivity contribution in [2.75, 3.05) is 0 Å². The van der Waals surface area contributed by atoms with Crippen LogP contribution in [0.15, 0.2) is 158 Å². The largest absolute Gasteiger partial charge is 0.247 e. The van der Waals surface area contributed by atoms with Gasteiger partial charge in [0.2, 0.25) is 0 Å². The van der Waals surface area contributed by atoms with E-state index in [4.69, 9.17) is 19.9 Å². The van der Waals surface area contributed by atoms with Crippen molar-refractivity contribution in [1.29, 1.82) is 0 Å². The minimum absolute atomic E-state index is 0.579. The molecule has 46 heavy (non-hydrogen) atoms. The first-order valence-corrected chi connectivity index (χ1v) is 15.3. The van der Waals surface area contributed by atoms with Gasteiger partial charge in [0.1, 0.15) is 0 Å². The quantitative estimate of drug-likeness (QED) is 0.143. The zero-order chi connectivity index (χ0) is 30.9. The summed E-state index contributed by atoms with van der Waals surface area (Å²) in [5.74, 6) is 1.80. The lowest BCUT2D eigenvalue weighted by atomic mass is 9.92. The molecule has 0 saturated heterocycles. The summed E-state index contributed by atoms with van der Waals surface area (Å²) >= 11 is 0. The van der Waals surface area contributed by atoms with Gasteiger partial charge < -0.3 is 0 Å². The van der Waals surface area contributed by atoms with Crippen LogP contribution in [0.3, 0.4) is 0 Å². The molecular weight excluding hydrogens is 560 g/mol. The number of rotatable bonds is 6. The summed E-state index contributed by atoms with van der Waals surface area (Å²) in [5, 5.41) is 8.33. The molecule has 0 N–H and O–H groups in total. The first kappa shape index (κ1) is 27.3. The molecule has 0 aliphatic rings. The van der Waals surface area contributed by atoms with E-state index in [0.717, 1.165) is 33.3 Å². The van der Waals surface area contributed by atoms with Gasteiger partial charge in [-0.15, -0.1) is 0 Å². The maximum absolute atomic E-state index is 5.33. The van der Waals surface area contributed by atoms with Crippen LogP contribution in [0.5, 0.6) is 0 Å². The van der Waals surface area contributed by atoms with Gasteiger partial charge >= 0.3 is 0 Å². The van der Waals surface area contributed by atoms with E-state index in [1.165, 1.54) is 32.3 Å². The van der Waals surface area contributed by atoms with E-state index in [9.17, 15) is 0 Å². The zero-order valence-electron chi connectivity index (χ0n) is 25.0. The third kappa shape index (κ3) is 4.92. The van der Waals surface area contributed by atoms with Gasteiger partial charge in [-0.2, -0.15) is 0 Å². The molecule has 0 atom stereocenters. The molecule has 4 heteroatoms. The average Bonchev–Trinajstić information content (AvgIpc) is 3.13. The molecule has 0 radical (unpaired) electrons. The highest BCUT2D eigenvalue weighted by Crippen LogP contribution is 2.40. The number of nitrogens with zero attached hydrogens (tertiary/aromatic N) is 4. The van der Waals surface area contributed by atoms with Gasteiger partial charge in [0.15, 0.2) is 17.5 Å². The minimum Gasteiger partial charge on any atom is -0.247 e. The summed E-state index contributed by atoms with van der Waals surface area (Å²) in [7, 11) is 0. The van der Waals surface area contributed by atoms with Crippen molar-refractivity contribution in [2.24, 2.45) is 0 Å². The fourth-order valence-corrected chi connectivity index (χ4v) is 6.16. The van der Waals surface area contributed by atoms with Crippen molar-refractivity contribution in [1.82, 2.24) is 19.9 Å². The highest BCUT2D eigenvalue weighted by atomic mass is 15.0. The predicted octanol–water partition coefficient (Wildman–Crippen LogP) is 10.6. The maximum Gasteiger partial charge on any atom is 0.164 e. The molecule has 8 aromatic rings. The molecule has 2 heterocycles. The summed E-state index contributed by atoms with van der Waals surface area (Å²) in [4.78, 5) is 19.9. The van der Waals surface area contributed by atoms with Crippen LogP contribution in [0.4, 0.5) is 0 Å². The summed E-state index contributed by atoms with van der Waals surface area (Å²) in [6, 6.07) is 44.2.